The summed E-state index contributed by atoms with van der Waals surface area (Å²) in [6, 6.07) is 7.18. The van der Waals surface area contributed by atoms with Crippen molar-refractivity contribution in [2.45, 2.75) is 12.8 Å². The SMILES string of the molecule is CN(C)C(=O)c1cccc(C2=C3N=C(N(C)C)N=C3C3=CCCC=C3C2=O)c1. The molecule has 0 saturated carbocycles. The van der Waals surface area contributed by atoms with Crippen molar-refractivity contribution in [1.29, 1.82) is 0 Å². The van der Waals surface area contributed by atoms with E-state index in [1.165, 1.54) is 4.90 Å². The third-order valence-electron chi connectivity index (χ3n) is 4.97. The normalized spacial score (nSPS) is 17.9. The van der Waals surface area contributed by atoms with Gasteiger partial charge in [-0.15, -0.1) is 0 Å². The van der Waals surface area contributed by atoms with E-state index in [-0.39, 0.29) is 11.7 Å². The van der Waals surface area contributed by atoms with E-state index in [9.17, 15) is 9.59 Å². The van der Waals surface area contributed by atoms with Crippen molar-refractivity contribution in [1.82, 2.24) is 9.80 Å². The van der Waals surface area contributed by atoms with Gasteiger partial charge in [0.15, 0.2) is 5.78 Å². The zero-order valence-corrected chi connectivity index (χ0v) is 16.5. The Bertz CT molecular complexity index is 1050. The largest absolute Gasteiger partial charge is 0.347 e. The lowest BCUT2D eigenvalue weighted by atomic mass is 9.79. The summed E-state index contributed by atoms with van der Waals surface area (Å²) in [7, 11) is 7.18. The van der Waals surface area contributed by atoms with Crippen LogP contribution in [0.4, 0.5) is 0 Å². The summed E-state index contributed by atoms with van der Waals surface area (Å²) in [4.78, 5) is 38.5. The Morgan fingerprint density at radius 1 is 1.00 bits per heavy atom. The molecule has 6 heteroatoms. The third-order valence-corrected chi connectivity index (χ3v) is 4.97. The quantitative estimate of drug-likeness (QED) is 0.799. The van der Waals surface area contributed by atoms with Crippen LogP contribution >= 0.6 is 0 Å². The van der Waals surface area contributed by atoms with Crippen LogP contribution in [-0.2, 0) is 4.79 Å². The smallest absolute Gasteiger partial charge is 0.253 e. The molecule has 1 aromatic carbocycles. The maximum atomic E-state index is 13.4. The predicted octanol–water partition coefficient (Wildman–Crippen LogP) is 2.70. The second-order valence-corrected chi connectivity index (χ2v) is 7.41. The van der Waals surface area contributed by atoms with Crippen LogP contribution in [0.2, 0.25) is 0 Å². The molecular weight excluding hydrogens is 352 g/mol. The summed E-state index contributed by atoms with van der Waals surface area (Å²) in [5.41, 5.74) is 4.63. The highest BCUT2D eigenvalue weighted by Crippen LogP contribution is 2.39. The van der Waals surface area contributed by atoms with Crippen LogP contribution in [0.15, 0.2) is 63.2 Å². The molecule has 0 saturated heterocycles. The number of guanidine groups is 1. The fourth-order valence-corrected chi connectivity index (χ4v) is 3.58. The Morgan fingerprint density at radius 3 is 2.39 bits per heavy atom. The van der Waals surface area contributed by atoms with E-state index >= 15 is 0 Å². The molecule has 142 valence electrons. The van der Waals surface area contributed by atoms with Crippen molar-refractivity contribution in [2.24, 2.45) is 9.98 Å². The zero-order valence-electron chi connectivity index (χ0n) is 16.5. The highest BCUT2D eigenvalue weighted by molar-refractivity contribution is 6.45. The number of hydrogen-bond acceptors (Lipinski definition) is 5. The summed E-state index contributed by atoms with van der Waals surface area (Å²) in [6.45, 7) is 0. The Kier molecular flexibility index (Phi) is 4.34. The first kappa shape index (κ1) is 18.1. The third kappa shape index (κ3) is 2.81. The molecule has 0 fully saturated rings. The number of nitrogens with zero attached hydrogens (tertiary/aromatic N) is 4. The fraction of sp³-hybridized carbons (Fsp3) is 0.273. The van der Waals surface area contributed by atoms with Gasteiger partial charge in [-0.2, -0.15) is 0 Å². The second-order valence-electron chi connectivity index (χ2n) is 7.41. The molecular formula is C22H22N4O2. The highest BCUT2D eigenvalue weighted by Gasteiger charge is 2.37. The van der Waals surface area contributed by atoms with Crippen LogP contribution in [0.1, 0.15) is 28.8 Å². The van der Waals surface area contributed by atoms with Crippen molar-refractivity contribution >= 4 is 28.9 Å². The number of aliphatic imine (C=N–C) groups is 2. The Hall–Kier alpha value is -3.28. The molecule has 3 aliphatic rings. The van der Waals surface area contributed by atoms with E-state index < -0.39 is 0 Å². The van der Waals surface area contributed by atoms with Gasteiger partial charge in [0, 0.05) is 44.9 Å². The van der Waals surface area contributed by atoms with Gasteiger partial charge in [0.05, 0.1) is 5.57 Å². The predicted molar refractivity (Wildman–Crippen MR) is 110 cm³/mol. The van der Waals surface area contributed by atoms with Crippen LogP contribution in [0.25, 0.3) is 5.57 Å². The number of fused-ring (bicyclic) bond motifs is 3. The number of hydrogen-bond donors (Lipinski definition) is 0. The fourth-order valence-electron chi connectivity index (χ4n) is 3.58. The van der Waals surface area contributed by atoms with Crippen LogP contribution in [0, 0.1) is 0 Å². The number of allylic oxidation sites excluding steroid dienone is 5. The molecule has 28 heavy (non-hydrogen) atoms. The van der Waals surface area contributed by atoms with Crippen molar-refractivity contribution in [2.75, 3.05) is 28.2 Å². The van der Waals surface area contributed by atoms with E-state index in [0.29, 0.717) is 33.9 Å². The minimum Gasteiger partial charge on any atom is -0.347 e. The van der Waals surface area contributed by atoms with Gasteiger partial charge in [-0.3, -0.25) is 9.59 Å². The van der Waals surface area contributed by atoms with Crippen LogP contribution in [0.5, 0.6) is 0 Å². The molecule has 0 unspecified atom stereocenters. The average molecular weight is 374 g/mol. The van der Waals surface area contributed by atoms with E-state index in [2.05, 4.69) is 16.1 Å². The van der Waals surface area contributed by atoms with Gasteiger partial charge in [-0.1, -0.05) is 24.3 Å². The first-order chi connectivity index (χ1) is 13.4. The number of rotatable bonds is 2. The minimum absolute atomic E-state index is 0.0573. The highest BCUT2D eigenvalue weighted by atomic mass is 16.2. The van der Waals surface area contributed by atoms with Gasteiger partial charge < -0.3 is 9.80 Å². The Labute approximate surface area is 164 Å². The standard InChI is InChI=1S/C22H22N4O2/c1-25(2)21(28)14-9-7-8-13(12-14)17-19-18(23-22(24-19)26(3)4)15-10-5-6-11-16(15)20(17)27/h7-12H,5-6H2,1-4H3. The second kappa shape index (κ2) is 6.71. The first-order valence-corrected chi connectivity index (χ1v) is 9.25. The molecule has 0 N–H and O–H groups in total. The monoisotopic (exact) mass is 374 g/mol. The van der Waals surface area contributed by atoms with Gasteiger partial charge in [0.25, 0.3) is 5.91 Å². The molecule has 1 aliphatic heterocycles. The summed E-state index contributed by atoms with van der Waals surface area (Å²) in [6.07, 6.45) is 5.78. The van der Waals surface area contributed by atoms with E-state index in [0.717, 1.165) is 24.1 Å². The van der Waals surface area contributed by atoms with Crippen LogP contribution in [0.3, 0.4) is 0 Å². The molecule has 0 bridgehead atoms. The molecule has 6 nitrogen and oxygen atoms in total. The number of carbonyl (C=O) groups is 2. The molecule has 4 rings (SSSR count). The lowest BCUT2D eigenvalue weighted by Gasteiger charge is -2.24. The van der Waals surface area contributed by atoms with Gasteiger partial charge in [-0.05, 0) is 30.5 Å². The van der Waals surface area contributed by atoms with Gasteiger partial charge in [-0.25, -0.2) is 9.98 Å². The summed E-state index contributed by atoms with van der Waals surface area (Å²) < 4.78 is 0. The van der Waals surface area contributed by atoms with Crippen molar-refractivity contribution in [3.63, 3.8) is 0 Å². The van der Waals surface area contributed by atoms with E-state index in [1.807, 2.05) is 31.1 Å². The number of amides is 1. The van der Waals surface area contributed by atoms with Crippen molar-refractivity contribution < 1.29 is 9.59 Å². The molecule has 0 atom stereocenters. The van der Waals surface area contributed by atoms with Gasteiger partial charge in [0.2, 0.25) is 5.96 Å². The minimum atomic E-state index is -0.106. The van der Waals surface area contributed by atoms with Crippen LogP contribution < -0.4 is 0 Å². The van der Waals surface area contributed by atoms with Gasteiger partial charge >= 0.3 is 0 Å². The lowest BCUT2D eigenvalue weighted by molar-refractivity contribution is -0.110. The lowest BCUT2D eigenvalue weighted by Crippen LogP contribution is -2.24. The average Bonchev–Trinajstić information content (AvgIpc) is 3.13. The number of carbonyl (C=O) groups excluding carboxylic acids is 2. The Morgan fingerprint density at radius 2 is 1.71 bits per heavy atom. The van der Waals surface area contributed by atoms with E-state index in [1.54, 1.807) is 32.3 Å². The first-order valence-electron chi connectivity index (χ1n) is 9.25. The van der Waals surface area contributed by atoms with E-state index in [4.69, 9.17) is 0 Å². The molecule has 0 aromatic heterocycles. The number of ketones is 1. The summed E-state index contributed by atoms with van der Waals surface area (Å²) in [5.74, 6) is 0.410. The maximum absolute atomic E-state index is 13.4. The molecule has 1 heterocycles. The van der Waals surface area contributed by atoms with Crippen LogP contribution in [-0.4, -0.2) is 61.4 Å². The number of Topliss-reactive ketones (excluding diaryl/α,β-unsaturated/α-hetero) is 1. The number of benzene rings is 1. The molecule has 1 amide bonds. The van der Waals surface area contributed by atoms with Gasteiger partial charge in [0.1, 0.15) is 11.4 Å². The van der Waals surface area contributed by atoms with Crippen molar-refractivity contribution in [3.05, 3.63) is 64.4 Å². The Balaban J connectivity index is 1.93. The summed E-state index contributed by atoms with van der Waals surface area (Å²) >= 11 is 0. The van der Waals surface area contributed by atoms with Crippen molar-refractivity contribution in [3.8, 4) is 0 Å². The molecule has 0 radical (unpaired) electrons. The topological polar surface area (TPSA) is 65.3 Å². The molecule has 0 spiro atoms. The maximum Gasteiger partial charge on any atom is 0.253 e. The summed E-state index contributed by atoms with van der Waals surface area (Å²) in [5, 5.41) is 0. The zero-order chi connectivity index (χ0) is 20.0. The molecule has 1 aromatic rings. The molecule has 2 aliphatic carbocycles.